The monoisotopic (exact) mass is 336 g/mol. The van der Waals surface area contributed by atoms with Crippen molar-refractivity contribution in [3.8, 4) is 0 Å². The first kappa shape index (κ1) is 16.1. The molecule has 4 rings (SSSR count). The maximum Gasteiger partial charge on any atom is 0.256 e. The predicted molar refractivity (Wildman–Crippen MR) is 98.8 cm³/mol. The first-order valence-electron chi connectivity index (χ1n) is 9.00. The van der Waals surface area contributed by atoms with Gasteiger partial charge in [-0.3, -0.25) is 9.59 Å². The van der Waals surface area contributed by atoms with Gasteiger partial charge in [-0.25, -0.2) is 0 Å². The number of para-hydroxylation sites is 1. The Bertz CT molecular complexity index is 806. The van der Waals surface area contributed by atoms with Crippen LogP contribution in [-0.2, 0) is 9.59 Å². The zero-order chi connectivity index (χ0) is 17.8. The van der Waals surface area contributed by atoms with Crippen LogP contribution in [0.3, 0.4) is 0 Å². The molecule has 130 valence electrons. The van der Waals surface area contributed by atoms with Crippen molar-refractivity contribution < 1.29 is 9.59 Å². The normalized spacial score (nSPS) is 30.1. The first-order valence-corrected chi connectivity index (χ1v) is 9.00. The fourth-order valence-corrected chi connectivity index (χ4v) is 4.74. The van der Waals surface area contributed by atoms with Crippen molar-refractivity contribution in [3.05, 3.63) is 48.1 Å². The van der Waals surface area contributed by atoms with Crippen LogP contribution in [0, 0.1) is 11.3 Å². The molecule has 1 saturated heterocycles. The molecule has 25 heavy (non-hydrogen) atoms. The van der Waals surface area contributed by atoms with E-state index in [1.54, 1.807) is 6.08 Å². The van der Waals surface area contributed by atoms with Crippen LogP contribution in [0.4, 0.5) is 5.69 Å². The zero-order valence-electron chi connectivity index (χ0n) is 14.8. The Kier molecular flexibility index (Phi) is 3.60. The molecule has 1 aromatic rings. The third kappa shape index (κ3) is 2.43. The summed E-state index contributed by atoms with van der Waals surface area (Å²) in [4.78, 5) is 27.9. The second-order valence-electron chi connectivity index (χ2n) is 8.12. The van der Waals surface area contributed by atoms with E-state index >= 15 is 0 Å². The lowest BCUT2D eigenvalue weighted by atomic mass is 9.68. The highest BCUT2D eigenvalue weighted by molar-refractivity contribution is 6.35. The second-order valence-corrected chi connectivity index (χ2v) is 8.12. The summed E-state index contributed by atoms with van der Waals surface area (Å²) in [5.74, 6) is -0.0234. The number of anilines is 1. The van der Waals surface area contributed by atoms with Gasteiger partial charge in [-0.15, -0.1) is 6.58 Å². The van der Waals surface area contributed by atoms with Crippen LogP contribution in [0.1, 0.15) is 38.7 Å². The average Bonchev–Trinajstić information content (AvgIpc) is 3.01. The molecule has 1 saturated carbocycles. The van der Waals surface area contributed by atoms with Gasteiger partial charge in [-0.05, 0) is 30.7 Å². The molecule has 4 heteroatoms. The number of nitrogens with one attached hydrogen (secondary N) is 1. The number of carbonyl (C=O) groups excluding carboxylic acids is 2. The van der Waals surface area contributed by atoms with Gasteiger partial charge in [-0.2, -0.15) is 0 Å². The molecule has 1 unspecified atom stereocenters. The number of amides is 2. The van der Waals surface area contributed by atoms with Crippen molar-refractivity contribution in [2.75, 3.05) is 11.9 Å². The number of likely N-dealkylation sites (tertiary alicyclic amines) is 1. The van der Waals surface area contributed by atoms with Crippen LogP contribution >= 0.6 is 0 Å². The molecule has 0 bridgehead atoms. The first-order chi connectivity index (χ1) is 11.9. The molecule has 1 aromatic carbocycles. The van der Waals surface area contributed by atoms with Crippen LogP contribution in [0.15, 0.2) is 42.5 Å². The predicted octanol–water partition coefficient (Wildman–Crippen LogP) is 3.62. The lowest BCUT2D eigenvalue weighted by molar-refractivity contribution is -0.126. The highest BCUT2D eigenvalue weighted by Crippen LogP contribution is 2.50. The summed E-state index contributed by atoms with van der Waals surface area (Å²) in [6, 6.07) is 7.83. The van der Waals surface area contributed by atoms with Crippen molar-refractivity contribution in [1.29, 1.82) is 0 Å². The minimum absolute atomic E-state index is 0.00875. The van der Waals surface area contributed by atoms with Crippen LogP contribution in [0.5, 0.6) is 0 Å². The number of benzene rings is 1. The van der Waals surface area contributed by atoms with Gasteiger partial charge < -0.3 is 10.2 Å². The van der Waals surface area contributed by atoms with Gasteiger partial charge in [0, 0.05) is 35.3 Å². The Morgan fingerprint density at radius 3 is 2.84 bits per heavy atom. The second kappa shape index (κ2) is 5.58. The molecule has 2 atom stereocenters. The summed E-state index contributed by atoms with van der Waals surface area (Å²) >= 11 is 0. The fourth-order valence-electron chi connectivity index (χ4n) is 4.74. The van der Waals surface area contributed by atoms with E-state index < -0.39 is 0 Å². The van der Waals surface area contributed by atoms with E-state index in [4.69, 9.17) is 0 Å². The van der Waals surface area contributed by atoms with E-state index in [1.807, 2.05) is 29.2 Å². The molecule has 1 aliphatic carbocycles. The summed E-state index contributed by atoms with van der Waals surface area (Å²) in [5.41, 5.74) is 3.14. The lowest BCUT2D eigenvalue weighted by Gasteiger charge is -2.39. The highest BCUT2D eigenvalue weighted by atomic mass is 16.2. The topological polar surface area (TPSA) is 49.4 Å². The Balaban J connectivity index is 1.89. The number of nitrogens with zero attached hydrogens (tertiary/aromatic N) is 1. The van der Waals surface area contributed by atoms with Crippen LogP contribution in [-0.4, -0.2) is 29.3 Å². The van der Waals surface area contributed by atoms with E-state index in [0.29, 0.717) is 17.7 Å². The zero-order valence-corrected chi connectivity index (χ0v) is 14.8. The van der Waals surface area contributed by atoms with Crippen LogP contribution in [0.25, 0.3) is 5.57 Å². The number of fused-ring (bicyclic) bond motifs is 2. The van der Waals surface area contributed by atoms with Crippen LogP contribution < -0.4 is 5.32 Å². The summed E-state index contributed by atoms with van der Waals surface area (Å²) in [6.45, 7) is 8.87. The van der Waals surface area contributed by atoms with Gasteiger partial charge in [0.15, 0.2) is 0 Å². The third-order valence-electron chi connectivity index (χ3n) is 5.88. The van der Waals surface area contributed by atoms with Crippen molar-refractivity contribution in [2.45, 2.75) is 39.2 Å². The Morgan fingerprint density at radius 2 is 2.08 bits per heavy atom. The lowest BCUT2D eigenvalue weighted by Crippen LogP contribution is -2.40. The summed E-state index contributed by atoms with van der Waals surface area (Å²) in [5, 5.41) is 2.92. The SMILES string of the molecule is C=CCN1C(=O)/C(=C2/C(=O)Nc3ccccc32)[C@@H]2CC(C)(C)CCC21. The quantitative estimate of drug-likeness (QED) is 0.662. The summed E-state index contributed by atoms with van der Waals surface area (Å²) in [6.07, 6.45) is 4.80. The van der Waals surface area contributed by atoms with Gasteiger partial charge in [0.2, 0.25) is 0 Å². The maximum absolute atomic E-state index is 13.3. The Morgan fingerprint density at radius 1 is 1.32 bits per heavy atom. The van der Waals surface area contributed by atoms with E-state index in [0.717, 1.165) is 30.5 Å². The van der Waals surface area contributed by atoms with Gasteiger partial charge in [0.1, 0.15) is 0 Å². The molecule has 2 heterocycles. The smallest absolute Gasteiger partial charge is 0.256 e. The summed E-state index contributed by atoms with van der Waals surface area (Å²) < 4.78 is 0. The molecule has 0 radical (unpaired) electrons. The molecule has 2 amide bonds. The maximum atomic E-state index is 13.3. The number of rotatable bonds is 2. The van der Waals surface area contributed by atoms with Gasteiger partial charge >= 0.3 is 0 Å². The molecule has 0 spiro atoms. The number of hydrogen-bond acceptors (Lipinski definition) is 2. The number of hydrogen-bond donors (Lipinski definition) is 1. The molecule has 2 fully saturated rings. The van der Waals surface area contributed by atoms with E-state index in [9.17, 15) is 9.59 Å². The van der Waals surface area contributed by atoms with E-state index in [1.165, 1.54) is 0 Å². The standard InChI is InChI=1S/C21H24N2O2/c1-4-11-23-16-9-10-21(2,3)12-14(16)18(20(23)25)17-13-7-5-6-8-15(13)22-19(17)24/h4-8,14,16H,1,9-12H2,2-3H3,(H,22,24)/b18-17+/t14-,16?/m1/s1. The molecule has 0 aromatic heterocycles. The van der Waals surface area contributed by atoms with Crippen molar-refractivity contribution in [2.24, 2.45) is 11.3 Å². The van der Waals surface area contributed by atoms with E-state index in [2.05, 4.69) is 25.7 Å². The van der Waals surface area contributed by atoms with Crippen LogP contribution in [0.2, 0.25) is 0 Å². The van der Waals surface area contributed by atoms with Gasteiger partial charge in [-0.1, -0.05) is 38.1 Å². The Labute approximate surface area is 148 Å². The minimum atomic E-state index is -0.146. The van der Waals surface area contributed by atoms with E-state index in [-0.39, 0.29) is 29.2 Å². The number of carbonyl (C=O) groups is 2. The van der Waals surface area contributed by atoms with Gasteiger partial charge in [0.05, 0.1) is 5.57 Å². The molecule has 3 aliphatic rings. The van der Waals surface area contributed by atoms with Gasteiger partial charge in [0.25, 0.3) is 11.8 Å². The highest BCUT2D eigenvalue weighted by Gasteiger charge is 2.50. The van der Waals surface area contributed by atoms with Crippen molar-refractivity contribution in [1.82, 2.24) is 4.90 Å². The Hall–Kier alpha value is -2.36. The largest absolute Gasteiger partial charge is 0.332 e. The fraction of sp³-hybridized carbons (Fsp3) is 0.429. The summed E-state index contributed by atoms with van der Waals surface area (Å²) in [7, 11) is 0. The third-order valence-corrected chi connectivity index (χ3v) is 5.88. The molecule has 4 nitrogen and oxygen atoms in total. The molecular formula is C21H24N2O2. The molecule has 2 aliphatic heterocycles. The minimum Gasteiger partial charge on any atom is -0.332 e. The molecular weight excluding hydrogens is 312 g/mol. The molecule has 1 N–H and O–H groups in total. The average molecular weight is 336 g/mol. The van der Waals surface area contributed by atoms with Crippen molar-refractivity contribution in [3.63, 3.8) is 0 Å². The van der Waals surface area contributed by atoms with Crippen molar-refractivity contribution >= 4 is 23.1 Å².